The molecule has 0 saturated carbocycles. The summed E-state index contributed by atoms with van der Waals surface area (Å²) in [5, 5.41) is -5.59. The first-order valence-electron chi connectivity index (χ1n) is 7.21. The van der Waals surface area contributed by atoms with Crippen molar-refractivity contribution in [2.75, 3.05) is 6.61 Å². The molecule has 3 unspecified atom stereocenters. The standard InChI is InChI=1S/C13H22F4O5S/c1-5-9-8(2)22-11(3,4)21-7-6-10(9)12(14,15)13(16,17)23(18,19)20/h8-10H,5-7H2,1-4H3,(H,18,19,20). The van der Waals surface area contributed by atoms with Gasteiger partial charge in [-0.1, -0.05) is 13.3 Å². The van der Waals surface area contributed by atoms with E-state index in [9.17, 15) is 26.0 Å². The third kappa shape index (κ3) is 3.97. The van der Waals surface area contributed by atoms with Gasteiger partial charge in [-0.2, -0.15) is 26.0 Å². The van der Waals surface area contributed by atoms with E-state index in [4.69, 9.17) is 14.0 Å². The average Bonchev–Trinajstić information content (AvgIpc) is 2.33. The van der Waals surface area contributed by atoms with Crippen LogP contribution in [-0.2, 0) is 19.6 Å². The summed E-state index contributed by atoms with van der Waals surface area (Å²) < 4.78 is 96.6. The van der Waals surface area contributed by atoms with Crippen molar-refractivity contribution in [3.05, 3.63) is 0 Å². The lowest BCUT2D eigenvalue weighted by Gasteiger charge is -2.43. The number of hydrogen-bond acceptors (Lipinski definition) is 4. The van der Waals surface area contributed by atoms with E-state index in [0.29, 0.717) is 0 Å². The third-order valence-corrected chi connectivity index (χ3v) is 5.04. The fourth-order valence-electron chi connectivity index (χ4n) is 3.00. The summed E-state index contributed by atoms with van der Waals surface area (Å²) in [5.41, 5.74) is 0. The fraction of sp³-hybridized carbons (Fsp3) is 1.00. The van der Waals surface area contributed by atoms with Crippen LogP contribution in [0.25, 0.3) is 0 Å². The molecule has 0 aromatic rings. The summed E-state index contributed by atoms with van der Waals surface area (Å²) in [6.07, 6.45) is -1.30. The highest BCUT2D eigenvalue weighted by Gasteiger charge is 2.70. The first-order valence-corrected chi connectivity index (χ1v) is 8.65. The van der Waals surface area contributed by atoms with Gasteiger partial charge in [-0.05, 0) is 33.1 Å². The maximum Gasteiger partial charge on any atom is 0.431 e. The van der Waals surface area contributed by atoms with E-state index >= 15 is 0 Å². The molecule has 0 spiro atoms. The van der Waals surface area contributed by atoms with Gasteiger partial charge in [0, 0.05) is 5.92 Å². The molecule has 1 fully saturated rings. The summed E-state index contributed by atoms with van der Waals surface area (Å²) in [4.78, 5) is 0. The highest BCUT2D eigenvalue weighted by atomic mass is 32.2. The van der Waals surface area contributed by atoms with Crippen molar-refractivity contribution in [3.8, 4) is 0 Å². The zero-order valence-corrected chi connectivity index (χ0v) is 14.2. The predicted octanol–water partition coefficient (Wildman–Crippen LogP) is 3.31. The Hall–Kier alpha value is -0.450. The van der Waals surface area contributed by atoms with Gasteiger partial charge in [0.25, 0.3) is 0 Å². The van der Waals surface area contributed by atoms with Crippen molar-refractivity contribution in [3.63, 3.8) is 0 Å². The highest BCUT2D eigenvalue weighted by molar-refractivity contribution is 7.87. The Bertz CT molecular complexity index is 520. The molecule has 1 heterocycles. The van der Waals surface area contributed by atoms with Gasteiger partial charge in [0.1, 0.15) is 0 Å². The molecule has 0 bridgehead atoms. The number of alkyl halides is 4. The Morgan fingerprint density at radius 3 is 2.22 bits per heavy atom. The molecular formula is C13H22F4O5S. The Labute approximate surface area is 133 Å². The van der Waals surface area contributed by atoms with E-state index in [0.717, 1.165) is 0 Å². The Balaban J connectivity index is 3.26. The van der Waals surface area contributed by atoms with E-state index in [1.165, 1.54) is 13.8 Å². The van der Waals surface area contributed by atoms with E-state index in [1.807, 2.05) is 0 Å². The molecule has 1 rings (SSSR count). The van der Waals surface area contributed by atoms with Gasteiger partial charge in [0.2, 0.25) is 0 Å². The van der Waals surface area contributed by atoms with E-state index in [-0.39, 0.29) is 13.0 Å². The van der Waals surface area contributed by atoms with Crippen LogP contribution in [0.2, 0.25) is 0 Å². The van der Waals surface area contributed by atoms with Crippen LogP contribution >= 0.6 is 0 Å². The lowest BCUT2D eigenvalue weighted by Crippen LogP contribution is -2.56. The maximum atomic E-state index is 14.3. The molecule has 0 radical (unpaired) electrons. The Kier molecular flexibility index (Phi) is 5.78. The second-order valence-electron chi connectivity index (χ2n) is 6.15. The smallest absolute Gasteiger partial charge is 0.351 e. The monoisotopic (exact) mass is 366 g/mol. The van der Waals surface area contributed by atoms with Crippen molar-refractivity contribution in [2.45, 2.75) is 63.6 Å². The van der Waals surface area contributed by atoms with Crippen LogP contribution in [0.4, 0.5) is 17.6 Å². The first-order chi connectivity index (χ1) is 10.2. The molecule has 3 atom stereocenters. The van der Waals surface area contributed by atoms with Crippen LogP contribution in [0.15, 0.2) is 0 Å². The van der Waals surface area contributed by atoms with Crippen LogP contribution in [0.3, 0.4) is 0 Å². The highest BCUT2D eigenvalue weighted by Crippen LogP contribution is 2.49. The molecule has 5 nitrogen and oxygen atoms in total. The van der Waals surface area contributed by atoms with E-state index < -0.39 is 51.4 Å². The predicted molar refractivity (Wildman–Crippen MR) is 73.9 cm³/mol. The second-order valence-corrected chi connectivity index (χ2v) is 7.62. The summed E-state index contributed by atoms with van der Waals surface area (Å²) in [6.45, 7) is 5.80. The maximum absolute atomic E-state index is 14.3. The average molecular weight is 366 g/mol. The van der Waals surface area contributed by atoms with Crippen LogP contribution in [0.1, 0.15) is 40.5 Å². The first kappa shape index (κ1) is 20.6. The minimum Gasteiger partial charge on any atom is -0.351 e. The molecule has 0 aromatic heterocycles. The number of rotatable bonds is 4. The normalized spacial score (nSPS) is 30.6. The number of ether oxygens (including phenoxy) is 2. The fourth-order valence-corrected chi connectivity index (χ4v) is 3.49. The molecule has 0 aromatic carbocycles. The topological polar surface area (TPSA) is 72.8 Å². The molecule has 0 aliphatic carbocycles. The molecule has 0 amide bonds. The summed E-state index contributed by atoms with van der Waals surface area (Å²) in [5.74, 6) is -9.11. The molecule has 138 valence electrons. The van der Waals surface area contributed by atoms with E-state index in [2.05, 4.69) is 0 Å². The SMILES string of the molecule is CCC1C(C)OC(C)(C)OCCC1C(F)(F)C(F)(F)S(=O)(=O)O. The molecule has 1 aliphatic rings. The lowest BCUT2D eigenvalue weighted by atomic mass is 9.79. The van der Waals surface area contributed by atoms with Crippen LogP contribution in [-0.4, -0.2) is 42.6 Å². The van der Waals surface area contributed by atoms with Crippen molar-refractivity contribution >= 4 is 10.1 Å². The quantitative estimate of drug-likeness (QED) is 0.610. The van der Waals surface area contributed by atoms with Crippen molar-refractivity contribution in [2.24, 2.45) is 11.8 Å². The molecule has 1 N–H and O–H groups in total. The van der Waals surface area contributed by atoms with Gasteiger partial charge in [-0.25, -0.2) is 0 Å². The largest absolute Gasteiger partial charge is 0.431 e. The second kappa shape index (κ2) is 6.45. The van der Waals surface area contributed by atoms with Gasteiger partial charge >= 0.3 is 21.3 Å². The van der Waals surface area contributed by atoms with Crippen molar-refractivity contribution in [1.82, 2.24) is 0 Å². The minimum atomic E-state index is -6.27. The van der Waals surface area contributed by atoms with Gasteiger partial charge in [-0.15, -0.1) is 0 Å². The molecule has 1 saturated heterocycles. The van der Waals surface area contributed by atoms with Gasteiger partial charge < -0.3 is 9.47 Å². The zero-order chi connectivity index (χ0) is 18.3. The Morgan fingerprint density at radius 1 is 1.26 bits per heavy atom. The third-order valence-electron chi connectivity index (χ3n) is 4.12. The number of halogens is 4. The van der Waals surface area contributed by atoms with Gasteiger partial charge in [0.05, 0.1) is 12.7 Å². The van der Waals surface area contributed by atoms with Crippen molar-refractivity contribution in [1.29, 1.82) is 0 Å². The van der Waals surface area contributed by atoms with Crippen LogP contribution in [0, 0.1) is 11.8 Å². The summed E-state index contributed by atoms with van der Waals surface area (Å²) >= 11 is 0. The Morgan fingerprint density at radius 2 is 1.78 bits per heavy atom. The van der Waals surface area contributed by atoms with Crippen LogP contribution < -0.4 is 0 Å². The molecule has 10 heteroatoms. The molecular weight excluding hydrogens is 344 g/mol. The van der Waals surface area contributed by atoms with Crippen LogP contribution in [0.5, 0.6) is 0 Å². The lowest BCUT2D eigenvalue weighted by molar-refractivity contribution is -0.283. The zero-order valence-electron chi connectivity index (χ0n) is 13.4. The van der Waals surface area contributed by atoms with Crippen molar-refractivity contribution < 1.29 is 40.0 Å². The molecule has 23 heavy (non-hydrogen) atoms. The minimum absolute atomic E-state index is 0.0685. The summed E-state index contributed by atoms with van der Waals surface area (Å²) in [6, 6.07) is 0. The molecule has 1 aliphatic heterocycles. The van der Waals surface area contributed by atoms with Gasteiger partial charge in [-0.3, -0.25) is 4.55 Å². The van der Waals surface area contributed by atoms with E-state index in [1.54, 1.807) is 13.8 Å². The summed E-state index contributed by atoms with van der Waals surface area (Å²) in [7, 11) is -6.27. The van der Waals surface area contributed by atoms with Gasteiger partial charge in [0.15, 0.2) is 5.79 Å². The number of hydrogen-bond donors (Lipinski definition) is 1.